The summed E-state index contributed by atoms with van der Waals surface area (Å²) in [6, 6.07) is 15.0. The number of hydrogen-bond donors (Lipinski definition) is 4. The Kier molecular flexibility index (Phi) is 6.78. The number of hydrogen-bond acceptors (Lipinski definition) is 6. The molecule has 4 aromatic rings. The highest BCUT2D eigenvalue weighted by Crippen LogP contribution is 2.37. The first-order valence-electron chi connectivity index (χ1n) is 9.82. The number of phenolic OH excluding ortho intramolecular Hbond substituents is 2. The van der Waals surface area contributed by atoms with Gasteiger partial charge in [-0.05, 0) is 59.5 Å². The van der Waals surface area contributed by atoms with E-state index in [9.17, 15) is 15.0 Å². The molecule has 0 aliphatic carbocycles. The normalized spacial score (nSPS) is 10.9. The van der Waals surface area contributed by atoms with Crippen molar-refractivity contribution in [1.29, 1.82) is 0 Å². The van der Waals surface area contributed by atoms with Crippen LogP contribution in [0.5, 0.6) is 11.5 Å². The lowest BCUT2D eigenvalue weighted by atomic mass is 10.0. The van der Waals surface area contributed by atoms with Crippen molar-refractivity contribution >= 4 is 58.9 Å². The summed E-state index contributed by atoms with van der Waals surface area (Å²) < 4.78 is 1.09. The highest BCUT2D eigenvalue weighted by molar-refractivity contribution is 7.82. The summed E-state index contributed by atoms with van der Waals surface area (Å²) in [5.41, 5.74) is 3.62. The standard InChI is InChI=1S/C23H18Cl2N4O3S/c24-17-9-15(10-18(25)22(17)31)14-3-6-19-20(11-14)28-21(12-27-19)29(33)23(32)26-8-7-13-1-4-16(30)5-2-13/h1-6,9-12,30-31,33H,7-8H2,(H,26,32). The minimum atomic E-state index is -0.445. The predicted molar refractivity (Wildman–Crippen MR) is 133 cm³/mol. The number of carbonyl (C=O) groups is 1. The third-order valence-corrected chi connectivity index (χ3v) is 5.88. The van der Waals surface area contributed by atoms with E-state index in [1.54, 1.807) is 48.5 Å². The predicted octanol–water partition coefficient (Wildman–Crippen LogP) is 5.62. The zero-order chi connectivity index (χ0) is 23.5. The Labute approximate surface area is 205 Å². The zero-order valence-electron chi connectivity index (χ0n) is 17.0. The van der Waals surface area contributed by atoms with Crippen LogP contribution in [-0.4, -0.2) is 32.8 Å². The van der Waals surface area contributed by atoms with Crippen molar-refractivity contribution in [3.05, 3.63) is 76.4 Å². The highest BCUT2D eigenvalue weighted by atomic mass is 35.5. The van der Waals surface area contributed by atoms with Gasteiger partial charge in [-0.2, -0.15) is 0 Å². The number of rotatable bonds is 5. The molecule has 0 fully saturated rings. The van der Waals surface area contributed by atoms with Crippen LogP contribution in [0.2, 0.25) is 10.0 Å². The van der Waals surface area contributed by atoms with E-state index in [1.165, 1.54) is 6.20 Å². The van der Waals surface area contributed by atoms with Gasteiger partial charge in [-0.3, -0.25) is 4.98 Å². The maximum Gasteiger partial charge on any atom is 0.333 e. The van der Waals surface area contributed by atoms with Crippen LogP contribution in [0.25, 0.3) is 22.2 Å². The Balaban J connectivity index is 1.50. The highest BCUT2D eigenvalue weighted by Gasteiger charge is 2.15. The zero-order valence-corrected chi connectivity index (χ0v) is 19.4. The molecule has 33 heavy (non-hydrogen) atoms. The first kappa shape index (κ1) is 23.0. The largest absolute Gasteiger partial charge is 0.508 e. The molecule has 0 spiro atoms. The van der Waals surface area contributed by atoms with E-state index >= 15 is 0 Å². The number of benzene rings is 3. The van der Waals surface area contributed by atoms with Gasteiger partial charge >= 0.3 is 6.03 Å². The fraction of sp³-hybridized carbons (Fsp3) is 0.0870. The Morgan fingerprint density at radius 1 is 0.970 bits per heavy atom. The van der Waals surface area contributed by atoms with Crippen molar-refractivity contribution < 1.29 is 15.0 Å². The smallest absolute Gasteiger partial charge is 0.333 e. The summed E-state index contributed by atoms with van der Waals surface area (Å²) in [4.78, 5) is 21.4. The lowest BCUT2D eigenvalue weighted by molar-refractivity contribution is 0.250. The second kappa shape index (κ2) is 9.74. The van der Waals surface area contributed by atoms with E-state index in [1.807, 2.05) is 6.07 Å². The second-order valence-corrected chi connectivity index (χ2v) is 8.39. The molecule has 10 heteroatoms. The molecular weight excluding hydrogens is 483 g/mol. The molecule has 0 radical (unpaired) electrons. The van der Waals surface area contributed by atoms with Crippen LogP contribution in [0, 0.1) is 0 Å². The monoisotopic (exact) mass is 500 g/mol. The third kappa shape index (κ3) is 5.24. The molecule has 1 heterocycles. The molecule has 0 atom stereocenters. The van der Waals surface area contributed by atoms with Gasteiger partial charge in [-0.25, -0.2) is 14.1 Å². The van der Waals surface area contributed by atoms with Crippen LogP contribution in [0.3, 0.4) is 0 Å². The van der Waals surface area contributed by atoms with Gasteiger partial charge in [0.05, 0.1) is 27.3 Å². The van der Waals surface area contributed by atoms with Crippen molar-refractivity contribution in [3.63, 3.8) is 0 Å². The van der Waals surface area contributed by atoms with Crippen molar-refractivity contribution in [2.45, 2.75) is 6.42 Å². The number of anilines is 1. The fourth-order valence-corrected chi connectivity index (χ4v) is 3.82. The Hall–Kier alpha value is -3.20. The number of aromatic nitrogens is 2. The molecule has 3 aromatic carbocycles. The van der Waals surface area contributed by atoms with Gasteiger partial charge in [0.1, 0.15) is 5.75 Å². The van der Waals surface area contributed by atoms with E-state index < -0.39 is 6.03 Å². The number of carbonyl (C=O) groups excluding carboxylic acids is 1. The second-order valence-electron chi connectivity index (χ2n) is 7.18. The van der Waals surface area contributed by atoms with E-state index in [0.717, 1.165) is 15.4 Å². The Morgan fingerprint density at radius 2 is 1.67 bits per heavy atom. The number of fused-ring (bicyclic) bond motifs is 1. The number of phenols is 2. The Morgan fingerprint density at radius 3 is 2.36 bits per heavy atom. The number of urea groups is 1. The molecule has 0 aliphatic rings. The van der Waals surface area contributed by atoms with Crippen LogP contribution < -0.4 is 9.62 Å². The minimum absolute atomic E-state index is 0.142. The topological polar surface area (TPSA) is 98.6 Å². The lowest BCUT2D eigenvalue weighted by Gasteiger charge is -2.16. The van der Waals surface area contributed by atoms with Crippen LogP contribution in [0.1, 0.15) is 5.56 Å². The number of amides is 2. The summed E-state index contributed by atoms with van der Waals surface area (Å²) in [5.74, 6) is 0.276. The molecule has 2 amide bonds. The molecule has 0 saturated carbocycles. The van der Waals surface area contributed by atoms with Gasteiger partial charge in [-0.1, -0.05) is 54.2 Å². The molecule has 0 saturated heterocycles. The van der Waals surface area contributed by atoms with Crippen molar-refractivity contribution in [2.24, 2.45) is 0 Å². The summed E-state index contributed by atoms with van der Waals surface area (Å²) in [5, 5.41) is 22.2. The summed E-state index contributed by atoms with van der Waals surface area (Å²) >= 11 is 16.4. The first-order valence-corrected chi connectivity index (χ1v) is 11.0. The molecule has 4 rings (SSSR count). The minimum Gasteiger partial charge on any atom is -0.508 e. The molecule has 0 unspecified atom stereocenters. The number of nitrogens with zero attached hydrogens (tertiary/aromatic N) is 3. The lowest BCUT2D eigenvalue weighted by Crippen LogP contribution is -2.35. The summed E-state index contributed by atoms with van der Waals surface area (Å²) in [6.07, 6.45) is 2.06. The van der Waals surface area contributed by atoms with Gasteiger partial charge in [-0.15, -0.1) is 0 Å². The number of nitrogens with one attached hydrogen (secondary N) is 1. The maximum atomic E-state index is 12.5. The van der Waals surface area contributed by atoms with E-state index in [4.69, 9.17) is 23.2 Å². The fourth-order valence-electron chi connectivity index (χ4n) is 3.17. The molecule has 7 nitrogen and oxygen atoms in total. The number of thiol groups is 1. The maximum absolute atomic E-state index is 12.5. The van der Waals surface area contributed by atoms with Crippen LogP contribution >= 0.6 is 36.0 Å². The molecule has 0 aliphatic heterocycles. The van der Waals surface area contributed by atoms with E-state index in [2.05, 4.69) is 28.1 Å². The molecule has 0 bridgehead atoms. The van der Waals surface area contributed by atoms with Crippen molar-refractivity contribution in [3.8, 4) is 22.6 Å². The van der Waals surface area contributed by atoms with Crippen molar-refractivity contribution in [1.82, 2.24) is 15.3 Å². The van der Waals surface area contributed by atoms with Gasteiger partial charge in [0, 0.05) is 6.54 Å². The summed E-state index contributed by atoms with van der Waals surface area (Å²) in [7, 11) is 0. The van der Waals surface area contributed by atoms with Crippen LogP contribution in [-0.2, 0) is 6.42 Å². The van der Waals surface area contributed by atoms with E-state index in [-0.39, 0.29) is 27.4 Å². The molecular formula is C23H18Cl2N4O3S. The number of halogens is 2. The SMILES string of the molecule is O=C(NCCc1ccc(O)cc1)N(S)c1cnc2ccc(-c3cc(Cl)c(O)c(Cl)c3)cc2n1. The van der Waals surface area contributed by atoms with Gasteiger partial charge < -0.3 is 15.5 Å². The average molecular weight is 501 g/mol. The van der Waals surface area contributed by atoms with Gasteiger partial charge in [0.2, 0.25) is 0 Å². The number of aromatic hydroxyl groups is 2. The van der Waals surface area contributed by atoms with Gasteiger partial charge in [0.15, 0.2) is 11.6 Å². The van der Waals surface area contributed by atoms with Gasteiger partial charge in [0.25, 0.3) is 0 Å². The average Bonchev–Trinajstić information content (AvgIpc) is 2.82. The van der Waals surface area contributed by atoms with Crippen LogP contribution in [0.15, 0.2) is 60.8 Å². The van der Waals surface area contributed by atoms with Crippen molar-refractivity contribution in [2.75, 3.05) is 10.8 Å². The first-order chi connectivity index (χ1) is 15.8. The molecule has 1 aromatic heterocycles. The van der Waals surface area contributed by atoms with Crippen LogP contribution in [0.4, 0.5) is 10.6 Å². The van der Waals surface area contributed by atoms with E-state index in [0.29, 0.717) is 29.6 Å². The Bertz CT molecular complexity index is 1310. The molecule has 3 N–H and O–H groups in total. The molecule has 168 valence electrons. The third-order valence-electron chi connectivity index (χ3n) is 4.92. The quantitative estimate of drug-likeness (QED) is 0.266. The summed E-state index contributed by atoms with van der Waals surface area (Å²) in [6.45, 7) is 0.383.